The lowest BCUT2D eigenvalue weighted by Gasteiger charge is -2.38. The summed E-state index contributed by atoms with van der Waals surface area (Å²) in [4.78, 5) is 1.22. The molecule has 212 valence electrons. The van der Waals surface area contributed by atoms with Crippen LogP contribution in [0.3, 0.4) is 0 Å². The minimum Gasteiger partial charge on any atom is -0.543 e. The fourth-order valence-corrected chi connectivity index (χ4v) is 6.85. The molecule has 1 aliphatic rings. The van der Waals surface area contributed by atoms with Gasteiger partial charge in [0.05, 0.1) is 4.90 Å². The molecule has 2 rings (SSSR count). The number of benzene rings is 1. The maximum Gasteiger partial charge on any atom is 0.250 e. The van der Waals surface area contributed by atoms with E-state index in [1.54, 1.807) is 0 Å². The van der Waals surface area contributed by atoms with Crippen LogP contribution in [0.2, 0.25) is 18.1 Å². The van der Waals surface area contributed by atoms with E-state index in [0.29, 0.717) is 0 Å². The Kier molecular flexibility index (Phi) is 11.8. The van der Waals surface area contributed by atoms with Crippen LogP contribution in [-0.2, 0) is 0 Å². The van der Waals surface area contributed by atoms with Crippen molar-refractivity contribution < 1.29 is 9.16 Å². The number of allylic oxidation sites excluding steroid dienone is 1. The van der Waals surface area contributed by atoms with Crippen molar-refractivity contribution >= 4 is 20.1 Å². The maximum atomic E-state index is 6.72. The molecule has 1 heterocycles. The zero-order valence-electron chi connectivity index (χ0n) is 26.3. The molecule has 3 atom stereocenters. The monoisotopic (exact) mass is 546 g/mol. The number of hydrogen-bond acceptors (Lipinski definition) is 3. The van der Waals surface area contributed by atoms with Crippen molar-refractivity contribution in [1.29, 1.82) is 0 Å². The van der Waals surface area contributed by atoms with E-state index in [4.69, 9.17) is 9.16 Å². The highest BCUT2D eigenvalue weighted by atomic mass is 32.2. The van der Waals surface area contributed by atoms with Gasteiger partial charge in [-0.25, -0.2) is 0 Å². The summed E-state index contributed by atoms with van der Waals surface area (Å²) in [7, 11) is -1.89. The zero-order chi connectivity index (χ0) is 28.0. The van der Waals surface area contributed by atoms with Crippen LogP contribution in [0.15, 0.2) is 23.1 Å². The van der Waals surface area contributed by atoms with Crippen molar-refractivity contribution in [2.45, 2.75) is 143 Å². The van der Waals surface area contributed by atoms with E-state index >= 15 is 0 Å². The van der Waals surface area contributed by atoms with Crippen LogP contribution in [0.5, 0.6) is 11.5 Å². The van der Waals surface area contributed by atoms with Crippen LogP contribution in [0.1, 0.15) is 111 Å². The molecule has 0 saturated heterocycles. The summed E-state index contributed by atoms with van der Waals surface area (Å²) in [6.07, 6.45) is 14.0. The quantitative estimate of drug-likeness (QED) is 0.181. The average Bonchev–Trinajstić information content (AvgIpc) is 2.77. The molecule has 1 aromatic carbocycles. The largest absolute Gasteiger partial charge is 0.543 e. The molecule has 1 unspecified atom stereocenters. The van der Waals surface area contributed by atoms with Gasteiger partial charge in [-0.15, -0.1) is 11.8 Å². The summed E-state index contributed by atoms with van der Waals surface area (Å²) in [5.41, 5.74) is 2.17. The fraction of sp³-hybridized carbons (Fsp3) is 0.758. The first-order valence-corrected chi connectivity index (χ1v) is 18.8. The highest BCUT2D eigenvalue weighted by Crippen LogP contribution is 2.47. The third kappa shape index (κ3) is 9.67. The summed E-state index contributed by atoms with van der Waals surface area (Å²) < 4.78 is 13.4. The molecule has 0 fully saturated rings. The number of fused-ring (bicyclic) bond motifs is 1. The van der Waals surface area contributed by atoms with Crippen molar-refractivity contribution in [3.8, 4) is 11.5 Å². The molecule has 0 aromatic heterocycles. The Labute approximate surface area is 235 Å². The fourth-order valence-electron chi connectivity index (χ4n) is 4.67. The van der Waals surface area contributed by atoms with Crippen molar-refractivity contribution in [3.63, 3.8) is 0 Å². The van der Waals surface area contributed by atoms with Gasteiger partial charge in [-0.1, -0.05) is 93.1 Å². The predicted molar refractivity (Wildman–Crippen MR) is 168 cm³/mol. The van der Waals surface area contributed by atoms with Crippen molar-refractivity contribution in [3.05, 3.63) is 29.3 Å². The lowest BCUT2D eigenvalue weighted by atomic mass is 9.92. The molecule has 0 spiro atoms. The Morgan fingerprint density at radius 3 is 2.19 bits per heavy atom. The van der Waals surface area contributed by atoms with Crippen molar-refractivity contribution in [2.75, 3.05) is 5.75 Å². The molecule has 0 aliphatic carbocycles. The van der Waals surface area contributed by atoms with Gasteiger partial charge in [0.25, 0.3) is 0 Å². The van der Waals surface area contributed by atoms with Crippen LogP contribution >= 0.6 is 11.8 Å². The SMILES string of the molecule is Cc1c(O[Si](C)(C)C(C)(C)C)cc2c(c1C)OC(C)(/C=C/C[C@H](C)CCC[C@H](C)CCCC(C)C)CS2. The number of hydrogen-bond donors (Lipinski definition) is 0. The second-order valence-corrected chi connectivity index (χ2v) is 19.9. The van der Waals surface area contributed by atoms with Crippen molar-refractivity contribution in [2.24, 2.45) is 17.8 Å². The molecule has 2 nitrogen and oxygen atoms in total. The van der Waals surface area contributed by atoms with Crippen LogP contribution in [-0.4, -0.2) is 19.7 Å². The van der Waals surface area contributed by atoms with E-state index in [1.165, 1.54) is 54.5 Å². The highest BCUT2D eigenvalue weighted by molar-refractivity contribution is 7.99. The first-order valence-electron chi connectivity index (χ1n) is 14.9. The molecular formula is C33H58O2SSi. The summed E-state index contributed by atoms with van der Waals surface area (Å²) in [6, 6.07) is 2.23. The summed E-state index contributed by atoms with van der Waals surface area (Å²) in [5.74, 6) is 5.45. The predicted octanol–water partition coefficient (Wildman–Crippen LogP) is 11.1. The van der Waals surface area contributed by atoms with Crippen molar-refractivity contribution in [1.82, 2.24) is 0 Å². The zero-order valence-corrected chi connectivity index (χ0v) is 28.2. The molecule has 4 heteroatoms. The van der Waals surface area contributed by atoms with E-state index in [1.807, 2.05) is 11.8 Å². The van der Waals surface area contributed by atoms with Gasteiger partial charge in [0, 0.05) is 5.75 Å². The van der Waals surface area contributed by atoms with Gasteiger partial charge in [0.2, 0.25) is 8.32 Å². The van der Waals surface area contributed by atoms with E-state index < -0.39 is 8.32 Å². The molecule has 37 heavy (non-hydrogen) atoms. The molecule has 1 aliphatic heterocycles. The van der Waals surface area contributed by atoms with E-state index in [9.17, 15) is 0 Å². The van der Waals surface area contributed by atoms with Gasteiger partial charge in [0.1, 0.15) is 17.1 Å². The summed E-state index contributed by atoms with van der Waals surface area (Å²) >= 11 is 1.91. The maximum absolute atomic E-state index is 6.72. The van der Waals surface area contributed by atoms with Gasteiger partial charge in [-0.3, -0.25) is 0 Å². The molecule has 0 radical (unpaired) electrons. The molecule has 1 aromatic rings. The molecule has 0 bridgehead atoms. The Balaban J connectivity index is 1.92. The normalized spacial score (nSPS) is 20.1. The minimum atomic E-state index is -1.89. The highest BCUT2D eigenvalue weighted by Gasteiger charge is 2.40. The van der Waals surface area contributed by atoms with Gasteiger partial charge < -0.3 is 9.16 Å². The number of thioether (sulfide) groups is 1. The van der Waals surface area contributed by atoms with E-state index in [2.05, 4.69) is 101 Å². The van der Waals surface area contributed by atoms with E-state index in [0.717, 1.165) is 41.4 Å². The third-order valence-electron chi connectivity index (χ3n) is 8.66. The smallest absolute Gasteiger partial charge is 0.250 e. The van der Waals surface area contributed by atoms with Gasteiger partial charge in [0.15, 0.2) is 0 Å². The Bertz CT molecular complexity index is 899. The van der Waals surface area contributed by atoms with Crippen LogP contribution < -0.4 is 9.16 Å². The number of ether oxygens (including phenoxy) is 1. The number of rotatable bonds is 13. The lowest BCUT2D eigenvalue weighted by molar-refractivity contribution is 0.155. The van der Waals surface area contributed by atoms with Crippen LogP contribution in [0.25, 0.3) is 0 Å². The average molecular weight is 547 g/mol. The Hall–Kier alpha value is -0.873. The van der Waals surface area contributed by atoms with E-state index in [-0.39, 0.29) is 10.6 Å². The van der Waals surface area contributed by atoms with Gasteiger partial charge in [-0.2, -0.15) is 0 Å². The molecule has 0 saturated carbocycles. The third-order valence-corrected chi connectivity index (χ3v) is 14.3. The second-order valence-electron chi connectivity index (χ2n) is 14.1. The topological polar surface area (TPSA) is 18.5 Å². The lowest BCUT2D eigenvalue weighted by Crippen LogP contribution is -2.44. The first kappa shape index (κ1) is 32.3. The van der Waals surface area contributed by atoms with Gasteiger partial charge in [-0.05, 0) is 86.3 Å². The molecular weight excluding hydrogens is 489 g/mol. The van der Waals surface area contributed by atoms with Crippen LogP contribution in [0, 0.1) is 31.6 Å². The molecule has 0 amide bonds. The Morgan fingerprint density at radius 2 is 1.59 bits per heavy atom. The van der Waals surface area contributed by atoms with Crippen LogP contribution in [0.4, 0.5) is 0 Å². The Morgan fingerprint density at radius 1 is 1.00 bits per heavy atom. The standard InChI is InChI=1S/C33H58O2SSi/c1-24(2)16-13-17-25(3)18-14-19-26(4)20-15-21-33(10)23-36-30-22-29(27(5)28(6)31(30)34-33)35-37(11,12)32(7,8)9/h15,21-22,24-26H,13-14,16-20,23H2,1-12H3/b21-15+/t25-,26-,33?/m1/s1. The van der Waals surface area contributed by atoms with Gasteiger partial charge >= 0.3 is 0 Å². The first-order chi connectivity index (χ1) is 17.0. The molecule has 0 N–H and O–H groups in total. The summed E-state index contributed by atoms with van der Waals surface area (Å²) in [6.45, 7) is 27.6. The second kappa shape index (κ2) is 13.5. The minimum absolute atomic E-state index is 0.180. The summed E-state index contributed by atoms with van der Waals surface area (Å²) in [5, 5.41) is 0.180.